The van der Waals surface area contributed by atoms with Gasteiger partial charge in [-0.05, 0) is 69.1 Å². The van der Waals surface area contributed by atoms with Crippen LogP contribution in [0.25, 0.3) is 6.08 Å². The van der Waals surface area contributed by atoms with E-state index in [2.05, 4.69) is 15.8 Å². The topological polar surface area (TPSA) is 98.8 Å². The maximum Gasteiger partial charge on any atom is 0.326 e. The Morgan fingerprint density at radius 1 is 1.15 bits per heavy atom. The van der Waals surface area contributed by atoms with E-state index >= 15 is 0 Å². The van der Waals surface area contributed by atoms with Crippen molar-refractivity contribution in [1.82, 2.24) is 15.8 Å². The molecule has 8 heteroatoms. The number of rotatable bonds is 12. The standard InChI is InChI=1S/C26H39N3O5/c1-19(2)18-32-20(3)34-29-24(30)13-12-22-11-10-21(16-27-22)17-28-26(14-6-7-15-26)25(31)33-23-8-4-5-9-23/h10-13,16,19-20,23,28H,4-9,14-15,17-18H2,1-3H3,(H,29,30). The number of hydrogen-bond donors (Lipinski definition) is 2. The fraction of sp³-hybridized carbons (Fsp3) is 0.654. The summed E-state index contributed by atoms with van der Waals surface area (Å²) in [7, 11) is 0. The van der Waals surface area contributed by atoms with Gasteiger partial charge in [0, 0.05) is 18.8 Å². The van der Waals surface area contributed by atoms with Crippen LogP contribution in [-0.2, 0) is 30.4 Å². The summed E-state index contributed by atoms with van der Waals surface area (Å²) < 4.78 is 11.3. The summed E-state index contributed by atoms with van der Waals surface area (Å²) in [4.78, 5) is 34.5. The third kappa shape index (κ3) is 8.18. The summed E-state index contributed by atoms with van der Waals surface area (Å²) in [5.74, 6) is -0.0987. The number of amides is 1. The van der Waals surface area contributed by atoms with Crippen molar-refractivity contribution in [2.45, 2.75) is 96.6 Å². The van der Waals surface area contributed by atoms with Crippen LogP contribution >= 0.6 is 0 Å². The second kappa shape index (κ2) is 13.0. The molecule has 1 atom stereocenters. The van der Waals surface area contributed by atoms with Crippen molar-refractivity contribution >= 4 is 18.0 Å². The van der Waals surface area contributed by atoms with Gasteiger partial charge in [-0.2, -0.15) is 0 Å². The Balaban J connectivity index is 1.45. The fourth-order valence-corrected chi connectivity index (χ4v) is 4.31. The quantitative estimate of drug-likeness (QED) is 0.204. The van der Waals surface area contributed by atoms with Crippen LogP contribution in [0.15, 0.2) is 24.4 Å². The number of nitrogens with zero attached hydrogens (tertiary/aromatic N) is 1. The highest BCUT2D eigenvalue weighted by molar-refractivity contribution is 5.90. The number of carbonyl (C=O) groups excluding carboxylic acids is 2. The number of nitrogens with one attached hydrogen (secondary N) is 2. The van der Waals surface area contributed by atoms with Gasteiger partial charge in [0.05, 0.1) is 12.3 Å². The van der Waals surface area contributed by atoms with Crippen molar-refractivity contribution in [2.24, 2.45) is 5.92 Å². The van der Waals surface area contributed by atoms with E-state index in [4.69, 9.17) is 14.3 Å². The second-order valence-corrected chi connectivity index (χ2v) is 9.76. The summed E-state index contributed by atoms with van der Waals surface area (Å²) in [5.41, 5.74) is 3.38. The molecule has 188 valence electrons. The van der Waals surface area contributed by atoms with E-state index in [9.17, 15) is 9.59 Å². The van der Waals surface area contributed by atoms with E-state index in [1.165, 1.54) is 6.08 Å². The van der Waals surface area contributed by atoms with Gasteiger partial charge in [0.15, 0.2) is 6.29 Å². The molecule has 2 aliphatic rings. The van der Waals surface area contributed by atoms with Crippen molar-refractivity contribution in [3.63, 3.8) is 0 Å². The van der Waals surface area contributed by atoms with Gasteiger partial charge in [0.1, 0.15) is 11.6 Å². The van der Waals surface area contributed by atoms with Crippen LogP contribution in [0.4, 0.5) is 0 Å². The van der Waals surface area contributed by atoms with Gasteiger partial charge in [-0.3, -0.25) is 19.9 Å². The van der Waals surface area contributed by atoms with Crippen LogP contribution in [0.1, 0.15) is 83.4 Å². The summed E-state index contributed by atoms with van der Waals surface area (Å²) in [6.07, 6.45) is 12.2. The van der Waals surface area contributed by atoms with Gasteiger partial charge < -0.3 is 9.47 Å². The zero-order valence-electron chi connectivity index (χ0n) is 20.7. The molecule has 2 aliphatic carbocycles. The Morgan fingerprint density at radius 3 is 2.53 bits per heavy atom. The molecule has 0 bridgehead atoms. The van der Waals surface area contributed by atoms with Crippen LogP contribution in [-0.4, -0.2) is 41.4 Å². The smallest absolute Gasteiger partial charge is 0.326 e. The Hall–Kier alpha value is -2.29. The molecule has 1 amide bonds. The minimum atomic E-state index is -0.588. The third-order valence-corrected chi connectivity index (χ3v) is 6.30. The first-order valence-electron chi connectivity index (χ1n) is 12.5. The normalized spacial score (nSPS) is 19.1. The molecule has 0 aliphatic heterocycles. The second-order valence-electron chi connectivity index (χ2n) is 9.76. The van der Waals surface area contributed by atoms with Crippen molar-refractivity contribution in [3.05, 3.63) is 35.7 Å². The zero-order valence-corrected chi connectivity index (χ0v) is 20.7. The number of ether oxygens (including phenoxy) is 2. The average Bonchev–Trinajstić information content (AvgIpc) is 3.52. The Morgan fingerprint density at radius 2 is 1.88 bits per heavy atom. The molecule has 0 saturated heterocycles. The maximum atomic E-state index is 12.9. The van der Waals surface area contributed by atoms with Crippen LogP contribution in [0.5, 0.6) is 0 Å². The molecule has 1 aromatic heterocycles. The largest absolute Gasteiger partial charge is 0.461 e. The molecule has 2 fully saturated rings. The summed E-state index contributed by atoms with van der Waals surface area (Å²) in [5, 5.41) is 3.47. The molecule has 1 heterocycles. The zero-order chi connectivity index (χ0) is 24.4. The Kier molecular flexibility index (Phi) is 10.0. The SMILES string of the molecule is CC(C)COC(C)ONC(=O)C=Cc1ccc(CNC2(C(=O)OC3CCCC3)CCCC2)cn1. The number of hydrogen-bond acceptors (Lipinski definition) is 7. The number of pyridine rings is 1. The molecule has 0 aromatic carbocycles. The number of hydroxylamine groups is 1. The highest BCUT2D eigenvalue weighted by atomic mass is 16.8. The molecule has 0 spiro atoms. The van der Waals surface area contributed by atoms with Crippen molar-refractivity contribution in [2.75, 3.05) is 6.61 Å². The third-order valence-electron chi connectivity index (χ3n) is 6.30. The van der Waals surface area contributed by atoms with Crippen molar-refractivity contribution in [1.29, 1.82) is 0 Å². The van der Waals surface area contributed by atoms with Crippen LogP contribution in [0.2, 0.25) is 0 Å². The lowest BCUT2D eigenvalue weighted by Gasteiger charge is -2.29. The highest BCUT2D eigenvalue weighted by Crippen LogP contribution is 2.33. The maximum absolute atomic E-state index is 12.9. The fourth-order valence-electron chi connectivity index (χ4n) is 4.31. The first kappa shape index (κ1) is 26.3. The first-order chi connectivity index (χ1) is 16.4. The molecular weight excluding hydrogens is 434 g/mol. The van der Waals surface area contributed by atoms with Gasteiger partial charge >= 0.3 is 5.97 Å². The highest BCUT2D eigenvalue weighted by Gasteiger charge is 2.43. The molecular formula is C26H39N3O5. The summed E-state index contributed by atoms with van der Waals surface area (Å²) in [6.45, 7) is 6.91. The van der Waals surface area contributed by atoms with E-state index < -0.39 is 17.7 Å². The molecule has 2 saturated carbocycles. The predicted molar refractivity (Wildman–Crippen MR) is 129 cm³/mol. The monoisotopic (exact) mass is 473 g/mol. The summed E-state index contributed by atoms with van der Waals surface area (Å²) in [6, 6.07) is 3.79. The predicted octanol–water partition coefficient (Wildman–Crippen LogP) is 4.05. The van der Waals surface area contributed by atoms with Crippen LogP contribution < -0.4 is 10.8 Å². The molecule has 1 unspecified atom stereocenters. The van der Waals surface area contributed by atoms with E-state index in [-0.39, 0.29) is 12.1 Å². The summed E-state index contributed by atoms with van der Waals surface area (Å²) >= 11 is 0. The van der Waals surface area contributed by atoms with Gasteiger partial charge in [0.2, 0.25) is 0 Å². The van der Waals surface area contributed by atoms with Crippen LogP contribution in [0.3, 0.4) is 0 Å². The lowest BCUT2D eigenvalue weighted by Crippen LogP contribution is -2.51. The van der Waals surface area contributed by atoms with Gasteiger partial charge in [-0.15, -0.1) is 0 Å². The van der Waals surface area contributed by atoms with E-state index in [1.807, 2.05) is 26.0 Å². The number of aromatic nitrogens is 1. The average molecular weight is 474 g/mol. The molecule has 34 heavy (non-hydrogen) atoms. The minimum absolute atomic E-state index is 0.0814. The minimum Gasteiger partial charge on any atom is -0.461 e. The van der Waals surface area contributed by atoms with E-state index in [1.54, 1.807) is 19.2 Å². The number of esters is 1. The Bertz CT molecular complexity index is 812. The first-order valence-corrected chi connectivity index (χ1v) is 12.5. The lowest BCUT2D eigenvalue weighted by molar-refractivity contribution is -0.180. The van der Waals surface area contributed by atoms with E-state index in [0.29, 0.717) is 24.8 Å². The van der Waals surface area contributed by atoms with Crippen LogP contribution in [0, 0.1) is 5.92 Å². The molecule has 1 aromatic rings. The van der Waals surface area contributed by atoms with Gasteiger partial charge in [0.25, 0.3) is 5.91 Å². The molecule has 0 radical (unpaired) electrons. The van der Waals surface area contributed by atoms with E-state index in [0.717, 1.165) is 56.9 Å². The Labute approximate surface area is 202 Å². The van der Waals surface area contributed by atoms with Crippen molar-refractivity contribution in [3.8, 4) is 0 Å². The molecule has 2 N–H and O–H groups in total. The van der Waals surface area contributed by atoms with Gasteiger partial charge in [-0.1, -0.05) is 32.8 Å². The van der Waals surface area contributed by atoms with Crippen molar-refractivity contribution < 1.29 is 23.9 Å². The van der Waals surface area contributed by atoms with Gasteiger partial charge in [-0.25, -0.2) is 10.3 Å². The molecule has 3 rings (SSSR count). The lowest BCUT2D eigenvalue weighted by atomic mass is 9.97. The molecule has 8 nitrogen and oxygen atoms in total. The number of carbonyl (C=O) groups is 2.